The maximum atomic E-state index is 11.7. The van der Waals surface area contributed by atoms with Crippen LogP contribution in [0.3, 0.4) is 0 Å². The van der Waals surface area contributed by atoms with E-state index < -0.39 is 5.41 Å². The first-order valence-electron chi connectivity index (χ1n) is 6.81. The Morgan fingerprint density at radius 2 is 2.16 bits per heavy atom. The van der Waals surface area contributed by atoms with E-state index in [1.807, 2.05) is 26.0 Å². The lowest BCUT2D eigenvalue weighted by molar-refractivity contribution is -0.151. The number of carbonyl (C=O) groups is 1. The summed E-state index contributed by atoms with van der Waals surface area (Å²) in [5, 5.41) is 9.48. The summed E-state index contributed by atoms with van der Waals surface area (Å²) in [6.45, 7) is 3.90. The van der Waals surface area contributed by atoms with E-state index in [1.54, 1.807) is 6.07 Å². The van der Waals surface area contributed by atoms with Gasteiger partial charge >= 0.3 is 5.97 Å². The fourth-order valence-corrected chi connectivity index (χ4v) is 3.07. The summed E-state index contributed by atoms with van der Waals surface area (Å²) in [7, 11) is 1.45. The number of aromatic hydroxyl groups is 1. The second-order valence-electron chi connectivity index (χ2n) is 6.14. The van der Waals surface area contributed by atoms with Gasteiger partial charge in [0.05, 0.1) is 12.5 Å². The van der Waals surface area contributed by atoms with E-state index in [9.17, 15) is 9.90 Å². The van der Waals surface area contributed by atoms with Crippen LogP contribution in [0.1, 0.15) is 37.8 Å². The molecule has 0 saturated carbocycles. The van der Waals surface area contributed by atoms with Crippen LogP contribution in [-0.2, 0) is 22.4 Å². The number of hydrogen-bond acceptors (Lipinski definition) is 3. The molecule has 19 heavy (non-hydrogen) atoms. The molecule has 1 aliphatic rings. The average molecular weight is 262 g/mol. The number of fused-ring (bicyclic) bond motifs is 1. The van der Waals surface area contributed by atoms with Crippen molar-refractivity contribution >= 4 is 5.97 Å². The smallest absolute Gasteiger partial charge is 0.311 e. The lowest BCUT2D eigenvalue weighted by Crippen LogP contribution is -2.30. The Hall–Kier alpha value is -1.51. The number of benzene rings is 1. The lowest BCUT2D eigenvalue weighted by Gasteiger charge is -2.31. The van der Waals surface area contributed by atoms with Gasteiger partial charge in [-0.05, 0) is 68.7 Å². The summed E-state index contributed by atoms with van der Waals surface area (Å²) in [6, 6.07) is 5.60. The Morgan fingerprint density at radius 3 is 2.84 bits per heavy atom. The third-order valence-corrected chi connectivity index (χ3v) is 4.06. The zero-order valence-corrected chi connectivity index (χ0v) is 11.9. The van der Waals surface area contributed by atoms with E-state index in [4.69, 9.17) is 4.74 Å². The van der Waals surface area contributed by atoms with E-state index in [0.29, 0.717) is 11.7 Å². The predicted octanol–water partition coefficient (Wildman–Crippen LogP) is 3.09. The molecule has 1 N–H and O–H groups in total. The molecule has 0 aliphatic heterocycles. The molecule has 1 aromatic carbocycles. The number of rotatable bonds is 3. The van der Waals surface area contributed by atoms with Gasteiger partial charge in [-0.1, -0.05) is 6.07 Å². The topological polar surface area (TPSA) is 46.5 Å². The number of ether oxygens (including phenoxy) is 1. The maximum absolute atomic E-state index is 11.7. The monoisotopic (exact) mass is 262 g/mol. The van der Waals surface area contributed by atoms with Crippen molar-refractivity contribution in [2.45, 2.75) is 39.5 Å². The third kappa shape index (κ3) is 3.09. The Bertz CT molecular complexity index is 477. The zero-order chi connectivity index (χ0) is 14.0. The first-order chi connectivity index (χ1) is 8.92. The van der Waals surface area contributed by atoms with Gasteiger partial charge in [0.15, 0.2) is 0 Å². The molecule has 2 rings (SSSR count). The zero-order valence-electron chi connectivity index (χ0n) is 11.9. The standard InChI is InChI=1S/C16H22O3/c1-16(2,15(18)19-3)10-11-4-5-13-9-14(17)7-6-12(13)8-11/h6-7,9,11,17H,4-5,8,10H2,1-3H3/t11-/m0/s1. The Labute approximate surface area is 114 Å². The summed E-state index contributed by atoms with van der Waals surface area (Å²) < 4.78 is 4.87. The van der Waals surface area contributed by atoms with E-state index in [2.05, 4.69) is 0 Å². The average Bonchev–Trinajstić information content (AvgIpc) is 2.37. The molecule has 0 fully saturated rings. The summed E-state index contributed by atoms with van der Waals surface area (Å²) >= 11 is 0. The summed E-state index contributed by atoms with van der Waals surface area (Å²) in [5.41, 5.74) is 2.12. The van der Waals surface area contributed by atoms with Crippen LogP contribution in [0.2, 0.25) is 0 Å². The Balaban J connectivity index is 2.06. The molecule has 3 heteroatoms. The van der Waals surface area contributed by atoms with E-state index in [0.717, 1.165) is 25.7 Å². The molecule has 1 aliphatic carbocycles. The third-order valence-electron chi connectivity index (χ3n) is 4.06. The second-order valence-corrected chi connectivity index (χ2v) is 6.14. The summed E-state index contributed by atoms with van der Waals surface area (Å²) in [5.74, 6) is 0.710. The van der Waals surface area contributed by atoms with Crippen LogP contribution in [0.5, 0.6) is 5.75 Å². The molecule has 1 atom stereocenters. The van der Waals surface area contributed by atoms with Crippen LogP contribution < -0.4 is 0 Å². The SMILES string of the molecule is COC(=O)C(C)(C)C[C@H]1CCc2cc(O)ccc2C1. The van der Waals surface area contributed by atoms with Crippen molar-refractivity contribution in [2.24, 2.45) is 11.3 Å². The molecule has 0 radical (unpaired) electrons. The van der Waals surface area contributed by atoms with Crippen LogP contribution in [0, 0.1) is 11.3 Å². The predicted molar refractivity (Wildman–Crippen MR) is 74.0 cm³/mol. The molecule has 0 saturated heterocycles. The molecule has 0 bridgehead atoms. The molecule has 0 heterocycles. The quantitative estimate of drug-likeness (QED) is 0.851. The van der Waals surface area contributed by atoms with Crippen molar-refractivity contribution < 1.29 is 14.6 Å². The Morgan fingerprint density at radius 1 is 1.42 bits per heavy atom. The lowest BCUT2D eigenvalue weighted by atomic mass is 9.75. The van der Waals surface area contributed by atoms with Crippen molar-refractivity contribution in [3.63, 3.8) is 0 Å². The molecule has 3 nitrogen and oxygen atoms in total. The highest BCUT2D eigenvalue weighted by Gasteiger charge is 2.33. The van der Waals surface area contributed by atoms with E-state index in [-0.39, 0.29) is 5.97 Å². The van der Waals surface area contributed by atoms with Gasteiger partial charge in [-0.2, -0.15) is 0 Å². The normalized spacial score (nSPS) is 18.8. The summed E-state index contributed by atoms with van der Waals surface area (Å²) in [4.78, 5) is 11.7. The molecule has 0 aromatic heterocycles. The van der Waals surface area contributed by atoms with Crippen molar-refractivity contribution in [2.75, 3.05) is 7.11 Å². The van der Waals surface area contributed by atoms with Crippen LogP contribution in [-0.4, -0.2) is 18.2 Å². The van der Waals surface area contributed by atoms with Gasteiger partial charge < -0.3 is 9.84 Å². The largest absolute Gasteiger partial charge is 0.508 e. The molecular formula is C16H22O3. The van der Waals surface area contributed by atoms with E-state index in [1.165, 1.54) is 18.2 Å². The number of carbonyl (C=O) groups excluding carboxylic acids is 1. The fraction of sp³-hybridized carbons (Fsp3) is 0.562. The number of aryl methyl sites for hydroxylation is 1. The molecule has 0 spiro atoms. The minimum atomic E-state index is -0.423. The first kappa shape index (κ1) is 13.9. The first-order valence-corrected chi connectivity index (χ1v) is 6.81. The van der Waals surface area contributed by atoms with Gasteiger partial charge in [0.25, 0.3) is 0 Å². The van der Waals surface area contributed by atoms with Gasteiger partial charge in [-0.25, -0.2) is 0 Å². The van der Waals surface area contributed by atoms with Crippen LogP contribution >= 0.6 is 0 Å². The minimum absolute atomic E-state index is 0.135. The Kier molecular flexibility index (Phi) is 3.83. The maximum Gasteiger partial charge on any atom is 0.311 e. The second kappa shape index (κ2) is 5.24. The highest BCUT2D eigenvalue weighted by atomic mass is 16.5. The molecule has 0 amide bonds. The van der Waals surface area contributed by atoms with Crippen LogP contribution in [0.4, 0.5) is 0 Å². The number of hydrogen-bond donors (Lipinski definition) is 1. The van der Waals surface area contributed by atoms with Crippen molar-refractivity contribution in [1.29, 1.82) is 0 Å². The number of esters is 1. The molecule has 104 valence electrons. The number of phenols is 1. The van der Waals surface area contributed by atoms with Gasteiger partial charge in [0.2, 0.25) is 0 Å². The van der Waals surface area contributed by atoms with Crippen molar-refractivity contribution in [3.05, 3.63) is 29.3 Å². The van der Waals surface area contributed by atoms with Gasteiger partial charge in [-0.15, -0.1) is 0 Å². The molecule has 0 unspecified atom stereocenters. The van der Waals surface area contributed by atoms with Gasteiger partial charge in [-0.3, -0.25) is 4.79 Å². The van der Waals surface area contributed by atoms with Crippen LogP contribution in [0.15, 0.2) is 18.2 Å². The minimum Gasteiger partial charge on any atom is -0.508 e. The van der Waals surface area contributed by atoms with Gasteiger partial charge in [0.1, 0.15) is 5.75 Å². The highest BCUT2D eigenvalue weighted by molar-refractivity contribution is 5.75. The number of phenolic OH excluding ortho intramolecular Hbond substituents is 1. The van der Waals surface area contributed by atoms with Crippen LogP contribution in [0.25, 0.3) is 0 Å². The summed E-state index contributed by atoms with van der Waals surface area (Å²) in [6.07, 6.45) is 3.87. The molecule has 1 aromatic rings. The van der Waals surface area contributed by atoms with Crippen molar-refractivity contribution in [3.8, 4) is 5.75 Å². The molecular weight excluding hydrogens is 240 g/mol. The van der Waals surface area contributed by atoms with Gasteiger partial charge in [0, 0.05) is 0 Å². The highest BCUT2D eigenvalue weighted by Crippen LogP contribution is 2.35. The van der Waals surface area contributed by atoms with Crippen molar-refractivity contribution in [1.82, 2.24) is 0 Å². The number of methoxy groups -OCH3 is 1. The van der Waals surface area contributed by atoms with E-state index >= 15 is 0 Å². The fourth-order valence-electron chi connectivity index (χ4n) is 3.07.